The van der Waals surface area contributed by atoms with E-state index < -0.39 is 29.5 Å². The number of hydrogen-bond acceptors (Lipinski definition) is 7. The fourth-order valence-corrected chi connectivity index (χ4v) is 3.58. The number of rotatable bonds is 4. The Balaban J connectivity index is 0.00000261. The molecule has 1 spiro atoms. The van der Waals surface area contributed by atoms with Crippen LogP contribution in [-0.4, -0.2) is 34.0 Å². The average molecular weight is 373 g/mol. The van der Waals surface area contributed by atoms with Gasteiger partial charge in [0.25, 0.3) is 5.56 Å². The van der Waals surface area contributed by atoms with Crippen LogP contribution >= 0.6 is 0 Å². The molecule has 9 heteroatoms. The van der Waals surface area contributed by atoms with Crippen molar-refractivity contribution in [3.63, 3.8) is 0 Å². The zero-order valence-electron chi connectivity index (χ0n) is 16.2. The van der Waals surface area contributed by atoms with Crippen LogP contribution in [0.5, 0.6) is 0 Å². The Hall–Kier alpha value is -1.14. The first-order chi connectivity index (χ1) is 12.1. The number of carbonyl (C=O) groups is 1. The van der Waals surface area contributed by atoms with Crippen LogP contribution in [0.25, 0.3) is 0 Å². The Labute approximate surface area is 169 Å². The quantitative estimate of drug-likeness (QED) is 0.522. The summed E-state index contributed by atoms with van der Waals surface area (Å²) in [6.07, 6.45) is 0.176. The molecule has 0 aromatic carbocycles. The summed E-state index contributed by atoms with van der Waals surface area (Å²) in [5.41, 5.74) is -3.08. The molecule has 2 aliphatic rings. The van der Waals surface area contributed by atoms with Crippen molar-refractivity contribution in [3.05, 3.63) is 33.2 Å². The summed E-state index contributed by atoms with van der Waals surface area (Å²) in [4.78, 5) is 24.4. The molecule has 0 radical (unpaired) electrons. The zero-order chi connectivity index (χ0) is 19.3. The monoisotopic (exact) mass is 373 g/mol. The first-order valence-electron chi connectivity index (χ1n) is 8.70. The van der Waals surface area contributed by atoms with Gasteiger partial charge in [0.1, 0.15) is 5.60 Å². The van der Waals surface area contributed by atoms with E-state index in [1.807, 2.05) is 13.8 Å². The van der Waals surface area contributed by atoms with Gasteiger partial charge in [0.05, 0.1) is 31.5 Å². The molecule has 1 saturated heterocycles. The number of fused-ring (bicyclic) bond motifs is 2. The molecule has 0 saturated carbocycles. The Bertz CT molecular complexity index is 794. The van der Waals surface area contributed by atoms with Crippen LogP contribution in [0.15, 0.2) is 10.9 Å². The van der Waals surface area contributed by atoms with Crippen LogP contribution < -0.4 is 29.5 Å². The topological polar surface area (TPSA) is 121 Å². The molecular formula is C18H24LiNO7. The van der Waals surface area contributed by atoms with Crippen molar-refractivity contribution >= 4 is 5.97 Å². The van der Waals surface area contributed by atoms with E-state index in [4.69, 9.17) is 9.47 Å². The number of nitrogens with zero attached hydrogens (tertiary/aromatic N) is 1. The molecular weight excluding hydrogens is 349 g/mol. The summed E-state index contributed by atoms with van der Waals surface area (Å²) < 4.78 is 13.4. The molecule has 0 unspecified atom stereocenters. The fourth-order valence-electron chi connectivity index (χ4n) is 3.58. The van der Waals surface area contributed by atoms with E-state index in [1.165, 1.54) is 17.6 Å². The summed E-state index contributed by atoms with van der Waals surface area (Å²) >= 11 is 0. The van der Waals surface area contributed by atoms with Gasteiger partial charge >= 0.3 is 18.9 Å². The predicted octanol–water partition coefficient (Wildman–Crippen LogP) is -3.68. The van der Waals surface area contributed by atoms with E-state index in [-0.39, 0.29) is 41.8 Å². The molecule has 1 aromatic rings. The van der Waals surface area contributed by atoms with Crippen molar-refractivity contribution in [2.24, 2.45) is 5.41 Å². The van der Waals surface area contributed by atoms with Gasteiger partial charge in [-0.3, -0.25) is 4.79 Å². The summed E-state index contributed by atoms with van der Waals surface area (Å²) in [5.74, 6) is -2.88. The van der Waals surface area contributed by atoms with Gasteiger partial charge in [-0.05, 0) is 12.5 Å². The van der Waals surface area contributed by atoms with Gasteiger partial charge in [0.15, 0.2) is 0 Å². The van der Waals surface area contributed by atoms with E-state index >= 15 is 0 Å². The normalized spacial score (nSPS) is 22.0. The van der Waals surface area contributed by atoms with Crippen LogP contribution in [0.2, 0.25) is 0 Å². The van der Waals surface area contributed by atoms with Crippen molar-refractivity contribution < 1.29 is 48.4 Å². The first-order valence-corrected chi connectivity index (χ1v) is 8.70. The van der Waals surface area contributed by atoms with E-state index in [0.29, 0.717) is 31.9 Å². The second-order valence-corrected chi connectivity index (χ2v) is 7.78. The van der Waals surface area contributed by atoms with Crippen LogP contribution in [-0.2, 0) is 38.8 Å². The van der Waals surface area contributed by atoms with E-state index in [2.05, 4.69) is 0 Å². The van der Waals surface area contributed by atoms with Gasteiger partial charge in [-0.25, -0.2) is 0 Å². The summed E-state index contributed by atoms with van der Waals surface area (Å²) in [5, 5.41) is 31.8. The number of pyridine rings is 1. The summed E-state index contributed by atoms with van der Waals surface area (Å²) in [7, 11) is 0. The Morgan fingerprint density at radius 1 is 1.37 bits per heavy atom. The average Bonchev–Trinajstić information content (AvgIpc) is 2.96. The van der Waals surface area contributed by atoms with Crippen molar-refractivity contribution in [2.75, 3.05) is 13.2 Å². The SMILES string of the molecule is CC[C@@](O)(C(=O)[O-])c1cc2n(c(=O)c1CO)CCC21OCC(C)(C)CO1.[Li+]. The number of aliphatic hydroxyl groups excluding tert-OH is 1. The maximum atomic E-state index is 12.8. The predicted molar refractivity (Wildman–Crippen MR) is 87.8 cm³/mol. The molecule has 0 amide bonds. The molecule has 0 bridgehead atoms. The molecule has 144 valence electrons. The Kier molecular flexibility index (Phi) is 6.03. The van der Waals surface area contributed by atoms with Gasteiger partial charge in [-0.2, -0.15) is 0 Å². The van der Waals surface area contributed by atoms with Crippen molar-refractivity contribution in [1.29, 1.82) is 0 Å². The molecule has 1 atom stereocenters. The number of carboxylic acids is 1. The summed E-state index contributed by atoms with van der Waals surface area (Å²) in [6.45, 7) is 5.91. The fraction of sp³-hybridized carbons (Fsp3) is 0.667. The maximum Gasteiger partial charge on any atom is 1.00 e. The van der Waals surface area contributed by atoms with Crippen molar-refractivity contribution in [2.45, 2.75) is 58.2 Å². The number of aromatic nitrogens is 1. The van der Waals surface area contributed by atoms with Gasteiger partial charge in [-0.1, -0.05) is 20.8 Å². The largest absolute Gasteiger partial charge is 1.00 e. The van der Waals surface area contributed by atoms with Gasteiger partial charge in [0.2, 0.25) is 5.79 Å². The molecule has 8 nitrogen and oxygen atoms in total. The minimum atomic E-state index is -2.38. The standard InChI is InChI=1S/C18H25NO7.Li/c1-4-17(24,15(22)23)12-7-13-18(25-9-16(2,3)10-26-18)5-6-19(13)14(21)11(12)8-20;/h7,20,24H,4-6,8-10H2,1-3H3,(H,22,23);/q;+1/p-1/t17-;/m0./s1. The van der Waals surface area contributed by atoms with Crippen LogP contribution in [0, 0.1) is 5.41 Å². The van der Waals surface area contributed by atoms with E-state index in [0.717, 1.165) is 0 Å². The molecule has 3 heterocycles. The number of aliphatic carboxylic acids is 1. The van der Waals surface area contributed by atoms with Gasteiger partial charge < -0.3 is 34.2 Å². The third-order valence-corrected chi connectivity index (χ3v) is 5.30. The molecule has 1 fully saturated rings. The molecule has 2 N–H and O–H groups in total. The summed E-state index contributed by atoms with van der Waals surface area (Å²) in [6, 6.07) is 1.40. The van der Waals surface area contributed by atoms with Gasteiger partial charge in [-0.15, -0.1) is 0 Å². The second kappa shape index (κ2) is 7.36. The number of hydrogen-bond donors (Lipinski definition) is 2. The number of carboxylic acid groups (broad SMARTS) is 1. The Morgan fingerprint density at radius 2 is 1.96 bits per heavy atom. The second-order valence-electron chi connectivity index (χ2n) is 7.78. The number of carbonyl (C=O) groups excluding carboxylic acids is 1. The number of aliphatic hydroxyl groups is 2. The number of ether oxygens (including phenoxy) is 2. The first kappa shape index (κ1) is 22.1. The van der Waals surface area contributed by atoms with Gasteiger partial charge in [0, 0.05) is 29.5 Å². The van der Waals surface area contributed by atoms with Crippen LogP contribution in [0.3, 0.4) is 0 Å². The molecule has 3 rings (SSSR count). The minimum Gasteiger partial charge on any atom is -0.547 e. The third-order valence-electron chi connectivity index (χ3n) is 5.30. The van der Waals surface area contributed by atoms with Crippen molar-refractivity contribution in [1.82, 2.24) is 4.57 Å². The maximum absolute atomic E-state index is 12.8. The third kappa shape index (κ3) is 3.39. The van der Waals surface area contributed by atoms with Crippen LogP contribution in [0.4, 0.5) is 0 Å². The van der Waals surface area contributed by atoms with E-state index in [9.17, 15) is 24.9 Å². The Morgan fingerprint density at radius 3 is 2.44 bits per heavy atom. The molecule has 0 aliphatic carbocycles. The zero-order valence-corrected chi connectivity index (χ0v) is 16.2. The van der Waals surface area contributed by atoms with E-state index in [1.54, 1.807) is 0 Å². The van der Waals surface area contributed by atoms with Crippen molar-refractivity contribution in [3.8, 4) is 0 Å². The molecule has 27 heavy (non-hydrogen) atoms. The smallest absolute Gasteiger partial charge is 0.547 e. The molecule has 2 aliphatic heterocycles. The molecule has 1 aromatic heterocycles. The van der Waals surface area contributed by atoms with Crippen LogP contribution in [0.1, 0.15) is 50.4 Å². The minimum absolute atomic E-state index is 0.